The van der Waals surface area contributed by atoms with Crippen LogP contribution in [0.3, 0.4) is 0 Å². The van der Waals surface area contributed by atoms with Crippen molar-refractivity contribution in [2.75, 3.05) is 17.7 Å². The number of methoxy groups -OCH3 is 1. The van der Waals surface area contributed by atoms with E-state index in [-0.39, 0.29) is 5.97 Å². The van der Waals surface area contributed by atoms with Gasteiger partial charge < -0.3 is 15.4 Å². The van der Waals surface area contributed by atoms with Crippen LogP contribution in [0.4, 0.5) is 10.7 Å². The molecule has 0 atom stereocenters. The van der Waals surface area contributed by atoms with Gasteiger partial charge in [-0.15, -0.1) is 11.3 Å². The number of fused-ring (bicyclic) bond motifs is 1. The standard InChI is InChI=1S/C23H25BrN4O2S2/c1-30-22(29)20-18-6-4-2-3-5-7-19(18)32-21(20)27-23(31)26-17-12-25-28(14-17)13-15-8-10-16(24)11-9-15/h8-12,14H,2-7,13H2,1H3,(H2,26,27,31). The summed E-state index contributed by atoms with van der Waals surface area (Å²) in [7, 11) is 1.43. The maximum Gasteiger partial charge on any atom is 0.341 e. The lowest BCUT2D eigenvalue weighted by Crippen LogP contribution is -2.20. The van der Waals surface area contributed by atoms with Crippen molar-refractivity contribution < 1.29 is 9.53 Å². The van der Waals surface area contributed by atoms with E-state index in [1.54, 1.807) is 17.5 Å². The van der Waals surface area contributed by atoms with Crippen LogP contribution < -0.4 is 10.6 Å². The van der Waals surface area contributed by atoms with E-state index in [2.05, 4.69) is 43.8 Å². The highest BCUT2D eigenvalue weighted by atomic mass is 79.9. The monoisotopic (exact) mass is 532 g/mol. The third kappa shape index (κ3) is 5.57. The molecule has 32 heavy (non-hydrogen) atoms. The fourth-order valence-electron chi connectivity index (χ4n) is 3.88. The van der Waals surface area contributed by atoms with Crippen molar-refractivity contribution >= 4 is 61.3 Å². The van der Waals surface area contributed by atoms with Gasteiger partial charge in [0.15, 0.2) is 5.11 Å². The first-order chi connectivity index (χ1) is 15.5. The number of hydrogen-bond acceptors (Lipinski definition) is 5. The number of thiocarbonyl (C=S) groups is 1. The molecule has 6 nitrogen and oxygen atoms in total. The van der Waals surface area contributed by atoms with E-state index in [0.29, 0.717) is 17.2 Å². The lowest BCUT2D eigenvalue weighted by atomic mass is 9.96. The van der Waals surface area contributed by atoms with E-state index >= 15 is 0 Å². The number of anilines is 2. The molecule has 9 heteroatoms. The Hall–Kier alpha value is -2.23. The highest BCUT2D eigenvalue weighted by Crippen LogP contribution is 2.37. The number of rotatable bonds is 5. The minimum Gasteiger partial charge on any atom is -0.465 e. The minimum atomic E-state index is -0.310. The normalized spacial score (nSPS) is 13.6. The first-order valence-corrected chi connectivity index (χ1v) is 12.6. The Morgan fingerprint density at radius 2 is 1.94 bits per heavy atom. The molecule has 2 heterocycles. The molecule has 0 unspecified atom stereocenters. The van der Waals surface area contributed by atoms with Gasteiger partial charge in [-0.1, -0.05) is 40.9 Å². The highest BCUT2D eigenvalue weighted by molar-refractivity contribution is 9.10. The van der Waals surface area contributed by atoms with Crippen molar-refractivity contribution in [2.45, 2.75) is 45.1 Å². The largest absolute Gasteiger partial charge is 0.465 e. The molecule has 1 aromatic carbocycles. The second-order valence-corrected chi connectivity index (χ2v) is 10.2. The van der Waals surface area contributed by atoms with Crippen LogP contribution in [0.15, 0.2) is 41.1 Å². The van der Waals surface area contributed by atoms with Gasteiger partial charge in [0.25, 0.3) is 0 Å². The Labute approximate surface area is 205 Å². The van der Waals surface area contributed by atoms with E-state index in [9.17, 15) is 4.79 Å². The van der Waals surface area contributed by atoms with Gasteiger partial charge in [0.1, 0.15) is 5.00 Å². The van der Waals surface area contributed by atoms with Gasteiger partial charge in [0.05, 0.1) is 31.1 Å². The van der Waals surface area contributed by atoms with Crippen molar-refractivity contribution in [2.24, 2.45) is 0 Å². The molecule has 0 spiro atoms. The summed E-state index contributed by atoms with van der Waals surface area (Å²) < 4.78 is 7.99. The molecule has 2 aromatic heterocycles. The number of aromatic nitrogens is 2. The summed E-state index contributed by atoms with van der Waals surface area (Å²) in [5.41, 5.74) is 3.69. The summed E-state index contributed by atoms with van der Waals surface area (Å²) in [4.78, 5) is 13.8. The SMILES string of the molecule is COC(=O)c1c(NC(=S)Nc2cnn(Cc3ccc(Br)cc3)c2)sc2c1CCCCCC2. The molecule has 0 bridgehead atoms. The summed E-state index contributed by atoms with van der Waals surface area (Å²) in [6.45, 7) is 0.666. The lowest BCUT2D eigenvalue weighted by molar-refractivity contribution is 0.0601. The Morgan fingerprint density at radius 3 is 2.69 bits per heavy atom. The molecule has 1 aliphatic rings. The second kappa shape index (κ2) is 10.6. The number of ether oxygens (including phenoxy) is 1. The first-order valence-electron chi connectivity index (χ1n) is 10.6. The van der Waals surface area contributed by atoms with Gasteiger partial charge in [-0.3, -0.25) is 4.68 Å². The van der Waals surface area contributed by atoms with Crippen LogP contribution >= 0.6 is 39.5 Å². The van der Waals surface area contributed by atoms with Crippen molar-refractivity contribution in [1.82, 2.24) is 9.78 Å². The molecule has 0 amide bonds. The zero-order chi connectivity index (χ0) is 22.5. The Morgan fingerprint density at radius 1 is 1.19 bits per heavy atom. The number of aryl methyl sites for hydroxylation is 1. The molecule has 1 aliphatic carbocycles. The van der Waals surface area contributed by atoms with E-state index in [4.69, 9.17) is 17.0 Å². The maximum absolute atomic E-state index is 12.6. The number of esters is 1. The smallest absolute Gasteiger partial charge is 0.341 e. The van der Waals surface area contributed by atoms with Gasteiger partial charge in [-0.25, -0.2) is 4.79 Å². The average Bonchev–Trinajstić information content (AvgIpc) is 3.33. The molecular weight excluding hydrogens is 508 g/mol. The molecule has 0 saturated heterocycles. The number of carbonyl (C=O) groups is 1. The third-order valence-corrected chi connectivity index (χ3v) is 7.38. The van der Waals surface area contributed by atoms with Gasteiger partial charge in [-0.05, 0) is 61.2 Å². The summed E-state index contributed by atoms with van der Waals surface area (Å²) in [6, 6.07) is 8.14. The fourth-order valence-corrected chi connectivity index (χ4v) is 5.71. The molecule has 0 saturated carbocycles. The fraction of sp³-hybridized carbons (Fsp3) is 0.348. The molecule has 2 N–H and O–H groups in total. The number of benzene rings is 1. The van der Waals surface area contributed by atoms with Crippen LogP contribution in [-0.4, -0.2) is 28.0 Å². The Balaban J connectivity index is 1.46. The molecule has 168 valence electrons. The van der Waals surface area contributed by atoms with Crippen molar-refractivity contribution in [3.05, 3.63) is 62.7 Å². The van der Waals surface area contributed by atoms with E-state index in [1.807, 2.05) is 23.0 Å². The molecule has 0 fully saturated rings. The predicted octanol–water partition coefficient (Wildman–Crippen LogP) is 6.01. The average molecular weight is 534 g/mol. The zero-order valence-electron chi connectivity index (χ0n) is 17.8. The summed E-state index contributed by atoms with van der Waals surface area (Å²) in [5, 5.41) is 12.0. The molecular formula is C23H25BrN4O2S2. The first kappa shape index (κ1) is 22.9. The quantitative estimate of drug-likeness (QED) is 0.309. The number of thiophene rings is 1. The van der Waals surface area contributed by atoms with Crippen LogP contribution in [-0.2, 0) is 24.1 Å². The topological polar surface area (TPSA) is 68.2 Å². The molecule has 3 aromatic rings. The van der Waals surface area contributed by atoms with Crippen LogP contribution in [0, 0.1) is 0 Å². The number of hydrogen-bond donors (Lipinski definition) is 2. The van der Waals surface area contributed by atoms with Crippen LogP contribution in [0.2, 0.25) is 0 Å². The summed E-state index contributed by atoms with van der Waals surface area (Å²) in [5.74, 6) is -0.310. The van der Waals surface area contributed by atoms with E-state index in [0.717, 1.165) is 52.0 Å². The van der Waals surface area contributed by atoms with Crippen LogP contribution in [0.25, 0.3) is 0 Å². The number of nitrogens with one attached hydrogen (secondary N) is 2. The summed E-state index contributed by atoms with van der Waals surface area (Å²) >= 11 is 10.6. The van der Waals surface area contributed by atoms with Crippen LogP contribution in [0.5, 0.6) is 0 Å². The summed E-state index contributed by atoms with van der Waals surface area (Å²) in [6.07, 6.45) is 10.2. The van der Waals surface area contributed by atoms with Crippen LogP contribution in [0.1, 0.15) is 52.0 Å². The number of nitrogens with zero attached hydrogens (tertiary/aromatic N) is 2. The Bertz CT molecular complexity index is 1110. The van der Waals surface area contributed by atoms with E-state index < -0.39 is 0 Å². The molecule has 4 rings (SSSR count). The van der Waals surface area contributed by atoms with Crippen molar-refractivity contribution in [1.29, 1.82) is 0 Å². The maximum atomic E-state index is 12.6. The zero-order valence-corrected chi connectivity index (χ0v) is 21.0. The van der Waals surface area contributed by atoms with Gasteiger partial charge >= 0.3 is 5.97 Å². The Kier molecular flexibility index (Phi) is 7.59. The van der Waals surface area contributed by atoms with Crippen molar-refractivity contribution in [3.63, 3.8) is 0 Å². The lowest BCUT2D eigenvalue weighted by Gasteiger charge is -2.11. The minimum absolute atomic E-state index is 0.310. The number of carbonyl (C=O) groups excluding carboxylic acids is 1. The molecule has 0 radical (unpaired) electrons. The molecule has 0 aliphatic heterocycles. The third-order valence-electron chi connectivity index (χ3n) is 5.44. The van der Waals surface area contributed by atoms with Gasteiger partial charge in [0.2, 0.25) is 0 Å². The highest BCUT2D eigenvalue weighted by Gasteiger charge is 2.25. The second-order valence-electron chi connectivity index (χ2n) is 7.75. The van der Waals surface area contributed by atoms with E-state index in [1.165, 1.54) is 24.8 Å². The van der Waals surface area contributed by atoms with Gasteiger partial charge in [0, 0.05) is 15.5 Å². The predicted molar refractivity (Wildman–Crippen MR) is 137 cm³/mol. The van der Waals surface area contributed by atoms with Crippen molar-refractivity contribution in [3.8, 4) is 0 Å². The number of halogens is 1. The van der Waals surface area contributed by atoms with Gasteiger partial charge in [-0.2, -0.15) is 5.10 Å².